The first-order chi connectivity index (χ1) is 16.0. The van der Waals surface area contributed by atoms with E-state index in [1.807, 2.05) is 6.07 Å². The second-order valence-electron chi connectivity index (χ2n) is 9.51. The number of ether oxygens (including phenoxy) is 1. The van der Waals surface area contributed by atoms with Crippen molar-refractivity contribution in [1.82, 2.24) is 20.4 Å². The Morgan fingerprint density at radius 2 is 1.79 bits per heavy atom. The van der Waals surface area contributed by atoms with Crippen LogP contribution in [-0.4, -0.2) is 78.4 Å². The Morgan fingerprint density at radius 1 is 1.00 bits per heavy atom. The first kappa shape index (κ1) is 22.2. The third-order valence-electron chi connectivity index (χ3n) is 7.23. The van der Waals surface area contributed by atoms with Gasteiger partial charge in [0.05, 0.1) is 24.3 Å². The topological polar surface area (TPSA) is 108 Å². The van der Waals surface area contributed by atoms with Crippen LogP contribution in [0.25, 0.3) is 0 Å². The van der Waals surface area contributed by atoms with Gasteiger partial charge in [-0.3, -0.25) is 34.3 Å². The Morgan fingerprint density at radius 3 is 2.52 bits per heavy atom. The van der Waals surface area contributed by atoms with Gasteiger partial charge in [0.15, 0.2) is 0 Å². The van der Waals surface area contributed by atoms with Crippen molar-refractivity contribution in [2.45, 2.75) is 50.7 Å². The summed E-state index contributed by atoms with van der Waals surface area (Å²) < 4.78 is 5.57. The van der Waals surface area contributed by atoms with Gasteiger partial charge in [0.1, 0.15) is 6.04 Å². The number of piperidine rings is 2. The number of amides is 4. The first-order valence-electron chi connectivity index (χ1n) is 11.9. The zero-order valence-electron chi connectivity index (χ0n) is 18.7. The number of nitrogens with zero attached hydrogens (tertiary/aromatic N) is 2. The molecule has 0 spiro atoms. The summed E-state index contributed by atoms with van der Waals surface area (Å²) in [5.41, 5.74) is 1.66. The Hall–Kier alpha value is -2.62. The van der Waals surface area contributed by atoms with E-state index in [9.17, 15) is 19.2 Å². The number of morpholine rings is 1. The molecule has 1 aromatic carbocycles. The minimum atomic E-state index is -0.929. The van der Waals surface area contributed by atoms with Crippen molar-refractivity contribution in [3.8, 4) is 0 Å². The molecule has 1 aromatic rings. The standard InChI is InChI=1S/C24H30N4O5/c29-21-4-3-20(22(30)26-21)28-23(31)18-2-1-16(12-19(18)24(28)32)13-27-8-5-15(6-9-27)11-17-14-33-10-7-25-17/h1-2,12,15,17,20,25H,3-11,13-14H2,(H,26,29,30). The largest absolute Gasteiger partial charge is 0.379 e. The van der Waals surface area contributed by atoms with Crippen LogP contribution in [0.4, 0.5) is 0 Å². The van der Waals surface area contributed by atoms with Gasteiger partial charge in [-0.15, -0.1) is 0 Å². The molecular weight excluding hydrogens is 424 g/mol. The fourth-order valence-electron chi connectivity index (χ4n) is 5.43. The van der Waals surface area contributed by atoms with E-state index in [4.69, 9.17) is 4.74 Å². The van der Waals surface area contributed by atoms with E-state index in [0.29, 0.717) is 23.1 Å². The Labute approximate surface area is 192 Å². The number of benzene rings is 1. The van der Waals surface area contributed by atoms with E-state index in [0.717, 1.165) is 69.1 Å². The summed E-state index contributed by atoms with van der Waals surface area (Å²) in [4.78, 5) is 52.9. The fourth-order valence-corrected chi connectivity index (χ4v) is 5.43. The van der Waals surface area contributed by atoms with Crippen molar-refractivity contribution in [3.63, 3.8) is 0 Å². The van der Waals surface area contributed by atoms with Crippen LogP contribution in [0.1, 0.15) is 58.4 Å². The fraction of sp³-hybridized carbons (Fsp3) is 0.583. The number of hydrogen-bond acceptors (Lipinski definition) is 7. The van der Waals surface area contributed by atoms with E-state index < -0.39 is 23.8 Å². The van der Waals surface area contributed by atoms with E-state index in [2.05, 4.69) is 15.5 Å². The van der Waals surface area contributed by atoms with Crippen molar-refractivity contribution < 1.29 is 23.9 Å². The van der Waals surface area contributed by atoms with Gasteiger partial charge < -0.3 is 10.1 Å². The molecule has 4 amide bonds. The van der Waals surface area contributed by atoms with Gasteiger partial charge in [-0.2, -0.15) is 0 Å². The van der Waals surface area contributed by atoms with Crippen molar-refractivity contribution in [2.75, 3.05) is 32.8 Å². The highest BCUT2D eigenvalue weighted by molar-refractivity contribution is 6.23. The molecule has 0 bridgehead atoms. The summed E-state index contributed by atoms with van der Waals surface area (Å²) in [5, 5.41) is 5.76. The summed E-state index contributed by atoms with van der Waals surface area (Å²) in [7, 11) is 0. The third kappa shape index (κ3) is 4.58. The first-order valence-corrected chi connectivity index (χ1v) is 11.9. The minimum Gasteiger partial charge on any atom is -0.379 e. The SMILES string of the molecule is O=C1CCC(N2C(=O)c3ccc(CN4CCC(CC5COCCN5)CC4)cc3C2=O)C(=O)N1. The van der Waals surface area contributed by atoms with Crippen LogP contribution in [-0.2, 0) is 20.9 Å². The molecule has 9 heteroatoms. The van der Waals surface area contributed by atoms with Crippen LogP contribution in [0.2, 0.25) is 0 Å². The quantitative estimate of drug-likeness (QED) is 0.630. The van der Waals surface area contributed by atoms with Crippen molar-refractivity contribution >= 4 is 23.6 Å². The number of hydrogen-bond donors (Lipinski definition) is 2. The normalized spacial score (nSPS) is 27.1. The number of likely N-dealkylation sites (tertiary alicyclic amines) is 1. The molecule has 2 atom stereocenters. The molecule has 4 aliphatic heterocycles. The lowest BCUT2D eigenvalue weighted by atomic mass is 9.90. The van der Waals surface area contributed by atoms with Gasteiger partial charge in [0.2, 0.25) is 11.8 Å². The number of rotatable bonds is 5. The summed E-state index contributed by atoms with van der Waals surface area (Å²) >= 11 is 0. The lowest BCUT2D eigenvalue weighted by Gasteiger charge is -2.34. The zero-order chi connectivity index (χ0) is 22.9. The molecule has 5 rings (SSSR count). The molecule has 0 aliphatic carbocycles. The Kier molecular flexibility index (Phi) is 6.27. The molecule has 0 radical (unpaired) electrons. The number of carbonyl (C=O) groups is 4. The highest BCUT2D eigenvalue weighted by atomic mass is 16.5. The molecule has 33 heavy (non-hydrogen) atoms. The Balaban J connectivity index is 1.19. The number of carbonyl (C=O) groups excluding carboxylic acids is 4. The summed E-state index contributed by atoms with van der Waals surface area (Å²) in [6.07, 6.45) is 3.72. The lowest BCUT2D eigenvalue weighted by Crippen LogP contribution is -2.54. The van der Waals surface area contributed by atoms with Crippen molar-refractivity contribution in [2.24, 2.45) is 5.92 Å². The van der Waals surface area contributed by atoms with Gasteiger partial charge in [-0.1, -0.05) is 6.07 Å². The van der Waals surface area contributed by atoms with Gasteiger partial charge in [-0.05, 0) is 62.4 Å². The van der Waals surface area contributed by atoms with Crippen LogP contribution in [0.3, 0.4) is 0 Å². The van der Waals surface area contributed by atoms with Crippen LogP contribution in [0, 0.1) is 5.92 Å². The maximum absolute atomic E-state index is 13.0. The summed E-state index contributed by atoms with van der Waals surface area (Å²) in [5.74, 6) is -1.17. The average Bonchev–Trinajstić information content (AvgIpc) is 3.06. The molecule has 3 fully saturated rings. The smallest absolute Gasteiger partial charge is 0.262 e. The number of imide groups is 2. The van der Waals surface area contributed by atoms with Gasteiger partial charge in [0, 0.05) is 25.6 Å². The lowest BCUT2D eigenvalue weighted by molar-refractivity contribution is -0.136. The average molecular weight is 455 g/mol. The minimum absolute atomic E-state index is 0.120. The van der Waals surface area contributed by atoms with Crippen LogP contribution >= 0.6 is 0 Å². The van der Waals surface area contributed by atoms with Crippen LogP contribution in [0.15, 0.2) is 18.2 Å². The number of nitrogens with one attached hydrogen (secondary N) is 2. The molecular formula is C24H30N4O5. The molecule has 9 nitrogen and oxygen atoms in total. The van der Waals surface area contributed by atoms with Gasteiger partial charge >= 0.3 is 0 Å². The maximum atomic E-state index is 13.0. The second kappa shape index (κ2) is 9.32. The third-order valence-corrected chi connectivity index (χ3v) is 7.23. The van der Waals surface area contributed by atoms with Crippen molar-refractivity contribution in [1.29, 1.82) is 0 Å². The van der Waals surface area contributed by atoms with E-state index >= 15 is 0 Å². The predicted molar refractivity (Wildman–Crippen MR) is 118 cm³/mol. The van der Waals surface area contributed by atoms with Crippen LogP contribution < -0.4 is 10.6 Å². The van der Waals surface area contributed by atoms with Gasteiger partial charge in [0.25, 0.3) is 11.8 Å². The van der Waals surface area contributed by atoms with E-state index in [-0.39, 0.29) is 18.7 Å². The monoisotopic (exact) mass is 454 g/mol. The molecule has 4 aliphatic rings. The molecule has 4 heterocycles. The highest BCUT2D eigenvalue weighted by Gasteiger charge is 2.44. The molecule has 2 N–H and O–H groups in total. The Bertz CT molecular complexity index is 966. The predicted octanol–water partition coefficient (Wildman–Crippen LogP) is 0.678. The molecule has 2 unspecified atom stereocenters. The highest BCUT2D eigenvalue weighted by Crippen LogP contribution is 2.29. The van der Waals surface area contributed by atoms with Crippen molar-refractivity contribution in [3.05, 3.63) is 34.9 Å². The van der Waals surface area contributed by atoms with E-state index in [1.165, 1.54) is 0 Å². The summed E-state index contributed by atoms with van der Waals surface area (Å²) in [6.45, 7) is 5.27. The second-order valence-corrected chi connectivity index (χ2v) is 9.51. The molecule has 0 saturated carbocycles. The number of fused-ring (bicyclic) bond motifs is 1. The molecule has 0 aromatic heterocycles. The van der Waals surface area contributed by atoms with E-state index in [1.54, 1.807) is 12.1 Å². The molecule has 3 saturated heterocycles. The molecule has 176 valence electrons. The van der Waals surface area contributed by atoms with Gasteiger partial charge in [-0.25, -0.2) is 0 Å². The van der Waals surface area contributed by atoms with Crippen LogP contribution in [0.5, 0.6) is 0 Å². The maximum Gasteiger partial charge on any atom is 0.262 e. The summed E-state index contributed by atoms with van der Waals surface area (Å²) in [6, 6.07) is 4.91. The zero-order valence-corrected chi connectivity index (χ0v) is 18.7.